The Morgan fingerprint density at radius 1 is 1.33 bits per heavy atom. The van der Waals surface area contributed by atoms with Crippen molar-refractivity contribution in [3.8, 4) is 0 Å². The molecule has 0 N–H and O–H groups in total. The molecule has 0 spiro atoms. The predicted molar refractivity (Wildman–Crippen MR) is 65.2 cm³/mol. The first-order valence-electron chi connectivity index (χ1n) is 5.57. The number of allylic oxidation sites excluding steroid dienone is 1. The molecule has 2 rings (SSSR count). The van der Waals surface area contributed by atoms with Crippen LogP contribution in [0.4, 0.5) is 0 Å². The van der Waals surface area contributed by atoms with Gasteiger partial charge in [-0.3, -0.25) is 4.99 Å². The molecule has 2 heterocycles. The number of amidine groups is 1. The minimum Gasteiger partial charge on any atom is -0.354 e. The summed E-state index contributed by atoms with van der Waals surface area (Å²) in [6.45, 7) is 15.0. The van der Waals surface area contributed by atoms with Gasteiger partial charge >= 0.3 is 0 Å². The lowest BCUT2D eigenvalue weighted by Gasteiger charge is -2.21. The zero-order chi connectivity index (χ0) is 11.2. The van der Waals surface area contributed by atoms with Gasteiger partial charge in [-0.05, 0) is 38.8 Å². The highest BCUT2D eigenvalue weighted by Gasteiger charge is 2.32. The zero-order valence-electron chi connectivity index (χ0n) is 10.2. The van der Waals surface area contributed by atoms with Crippen molar-refractivity contribution in [2.24, 2.45) is 4.99 Å². The minimum absolute atomic E-state index is 0.0845. The van der Waals surface area contributed by atoms with Crippen LogP contribution >= 0.6 is 0 Å². The molecule has 0 aromatic heterocycles. The fourth-order valence-electron chi connectivity index (χ4n) is 2.34. The number of nitrogens with zero attached hydrogens (tertiary/aromatic N) is 2. The van der Waals surface area contributed by atoms with E-state index in [1.54, 1.807) is 0 Å². The highest BCUT2D eigenvalue weighted by molar-refractivity contribution is 5.88. The molecule has 0 aliphatic carbocycles. The van der Waals surface area contributed by atoms with Gasteiger partial charge in [0.05, 0.1) is 5.54 Å². The van der Waals surface area contributed by atoms with Crippen molar-refractivity contribution in [2.45, 2.75) is 39.7 Å². The Morgan fingerprint density at radius 2 is 2.00 bits per heavy atom. The average Bonchev–Trinajstić information content (AvgIpc) is 2.34. The SMILES string of the molecule is C=C1CC2=NC(C)(C)CN2CC(C)=C1C. The maximum atomic E-state index is 4.78. The molecule has 2 nitrogen and oxygen atoms in total. The van der Waals surface area contributed by atoms with Crippen molar-refractivity contribution in [3.63, 3.8) is 0 Å². The van der Waals surface area contributed by atoms with Crippen LogP contribution in [0.5, 0.6) is 0 Å². The molecule has 15 heavy (non-hydrogen) atoms. The summed E-state index contributed by atoms with van der Waals surface area (Å²) in [5, 5.41) is 0. The van der Waals surface area contributed by atoms with E-state index in [0.29, 0.717) is 0 Å². The Kier molecular flexibility index (Phi) is 2.25. The van der Waals surface area contributed by atoms with E-state index < -0.39 is 0 Å². The van der Waals surface area contributed by atoms with Gasteiger partial charge in [-0.25, -0.2) is 0 Å². The van der Waals surface area contributed by atoms with Crippen LogP contribution in [0.1, 0.15) is 34.1 Å². The fraction of sp³-hybridized carbons (Fsp3) is 0.615. The van der Waals surface area contributed by atoms with E-state index in [1.165, 1.54) is 22.6 Å². The third kappa shape index (κ3) is 1.85. The molecule has 82 valence electrons. The van der Waals surface area contributed by atoms with Gasteiger partial charge in [-0.15, -0.1) is 0 Å². The van der Waals surface area contributed by atoms with Gasteiger partial charge in [-0.1, -0.05) is 12.2 Å². The topological polar surface area (TPSA) is 15.6 Å². The van der Waals surface area contributed by atoms with Crippen molar-refractivity contribution < 1.29 is 0 Å². The number of rotatable bonds is 0. The molecule has 0 unspecified atom stereocenters. The fourth-order valence-corrected chi connectivity index (χ4v) is 2.34. The lowest BCUT2D eigenvalue weighted by Crippen LogP contribution is -2.32. The van der Waals surface area contributed by atoms with Crippen LogP contribution in [0.15, 0.2) is 28.3 Å². The molecule has 0 fully saturated rings. The van der Waals surface area contributed by atoms with E-state index >= 15 is 0 Å². The molecule has 0 amide bonds. The molecule has 2 aliphatic rings. The molecule has 0 saturated carbocycles. The summed E-state index contributed by atoms with van der Waals surface area (Å²) in [5.74, 6) is 1.22. The average molecular weight is 204 g/mol. The number of hydrogen-bond donors (Lipinski definition) is 0. The third-order valence-corrected chi connectivity index (χ3v) is 3.34. The van der Waals surface area contributed by atoms with Crippen LogP contribution in [0.3, 0.4) is 0 Å². The second-order valence-electron chi connectivity index (χ2n) is 5.38. The first kappa shape index (κ1) is 10.5. The molecule has 2 aliphatic heterocycles. The second kappa shape index (κ2) is 3.22. The van der Waals surface area contributed by atoms with Crippen LogP contribution in [-0.2, 0) is 0 Å². The van der Waals surface area contributed by atoms with E-state index in [-0.39, 0.29) is 5.54 Å². The van der Waals surface area contributed by atoms with Gasteiger partial charge in [0.2, 0.25) is 0 Å². The molecular weight excluding hydrogens is 184 g/mol. The van der Waals surface area contributed by atoms with E-state index in [9.17, 15) is 0 Å². The van der Waals surface area contributed by atoms with Crippen molar-refractivity contribution in [2.75, 3.05) is 13.1 Å². The second-order valence-corrected chi connectivity index (χ2v) is 5.38. The number of hydrogen-bond acceptors (Lipinski definition) is 2. The predicted octanol–water partition coefficient (Wildman–Crippen LogP) is 2.78. The largest absolute Gasteiger partial charge is 0.354 e. The van der Waals surface area contributed by atoms with Gasteiger partial charge in [0.15, 0.2) is 0 Å². The van der Waals surface area contributed by atoms with Gasteiger partial charge in [-0.2, -0.15) is 0 Å². The lowest BCUT2D eigenvalue weighted by molar-refractivity contribution is 0.394. The van der Waals surface area contributed by atoms with Crippen molar-refractivity contribution in [1.82, 2.24) is 4.90 Å². The molecule has 2 heteroatoms. The van der Waals surface area contributed by atoms with Crippen molar-refractivity contribution in [1.29, 1.82) is 0 Å². The van der Waals surface area contributed by atoms with E-state index in [4.69, 9.17) is 4.99 Å². The smallest absolute Gasteiger partial charge is 0.104 e. The summed E-state index contributed by atoms with van der Waals surface area (Å²) in [7, 11) is 0. The normalized spacial score (nSPS) is 25.2. The Hall–Kier alpha value is -1.05. The Bertz CT molecular complexity index is 372. The highest BCUT2D eigenvalue weighted by Crippen LogP contribution is 2.29. The highest BCUT2D eigenvalue weighted by atomic mass is 15.3. The zero-order valence-corrected chi connectivity index (χ0v) is 10.2. The molecule has 0 bridgehead atoms. The van der Waals surface area contributed by atoms with Crippen LogP contribution in [-0.4, -0.2) is 29.4 Å². The van der Waals surface area contributed by atoms with Crippen molar-refractivity contribution in [3.05, 3.63) is 23.3 Å². The summed E-state index contributed by atoms with van der Waals surface area (Å²) >= 11 is 0. The lowest BCUT2D eigenvalue weighted by atomic mass is 10.0. The summed E-state index contributed by atoms with van der Waals surface area (Å²) in [5.41, 5.74) is 4.11. The maximum Gasteiger partial charge on any atom is 0.104 e. The standard InChI is InChI=1S/C13H20N2/c1-9-6-12-14-13(4,5)8-15(12)7-10(2)11(9)3/h1,6-8H2,2-5H3. The van der Waals surface area contributed by atoms with E-state index in [1.807, 2.05) is 0 Å². The Balaban J connectivity index is 2.32. The van der Waals surface area contributed by atoms with Gasteiger partial charge < -0.3 is 4.90 Å². The van der Waals surface area contributed by atoms with Gasteiger partial charge in [0.1, 0.15) is 5.84 Å². The van der Waals surface area contributed by atoms with Crippen molar-refractivity contribution >= 4 is 5.84 Å². The summed E-state index contributed by atoms with van der Waals surface area (Å²) < 4.78 is 0. The molecule has 0 aromatic carbocycles. The monoisotopic (exact) mass is 204 g/mol. The first-order chi connectivity index (χ1) is 6.89. The maximum absolute atomic E-state index is 4.78. The van der Waals surface area contributed by atoms with Gasteiger partial charge in [0.25, 0.3) is 0 Å². The summed E-state index contributed by atoms with van der Waals surface area (Å²) in [4.78, 5) is 7.18. The summed E-state index contributed by atoms with van der Waals surface area (Å²) in [6, 6.07) is 0. The quantitative estimate of drug-likeness (QED) is 0.592. The molecule has 0 radical (unpaired) electrons. The molecule has 0 atom stereocenters. The Labute approximate surface area is 92.4 Å². The molecule has 0 aromatic rings. The number of aliphatic imine (C=N–C) groups is 1. The van der Waals surface area contributed by atoms with E-state index in [0.717, 1.165) is 19.5 Å². The third-order valence-electron chi connectivity index (χ3n) is 3.34. The van der Waals surface area contributed by atoms with Gasteiger partial charge in [0, 0.05) is 19.5 Å². The first-order valence-corrected chi connectivity index (χ1v) is 5.57. The molecule has 0 saturated heterocycles. The van der Waals surface area contributed by atoms with Crippen LogP contribution < -0.4 is 0 Å². The van der Waals surface area contributed by atoms with Crippen LogP contribution in [0.25, 0.3) is 0 Å². The Morgan fingerprint density at radius 3 is 2.67 bits per heavy atom. The minimum atomic E-state index is 0.0845. The summed E-state index contributed by atoms with van der Waals surface area (Å²) in [6.07, 6.45) is 0.923. The number of fused-ring (bicyclic) bond motifs is 1. The molecular formula is C13H20N2. The van der Waals surface area contributed by atoms with E-state index in [2.05, 4.69) is 39.2 Å². The van der Waals surface area contributed by atoms with Crippen LogP contribution in [0.2, 0.25) is 0 Å². The van der Waals surface area contributed by atoms with Crippen LogP contribution in [0, 0.1) is 0 Å².